The number of Topliss-reactive ketones (excluding diaryl/α,β-unsaturated/α-hetero) is 1. The van der Waals surface area contributed by atoms with Gasteiger partial charge >= 0.3 is 5.97 Å². The zero-order chi connectivity index (χ0) is 22.5. The number of hydrogen-bond donors (Lipinski definition) is 1. The highest BCUT2D eigenvalue weighted by Gasteiger charge is 2.89. The number of halogens is 1. The fourth-order valence-corrected chi connectivity index (χ4v) is 6.24. The Morgan fingerprint density at radius 1 is 1.06 bits per heavy atom. The molecule has 2 aromatic rings. The summed E-state index contributed by atoms with van der Waals surface area (Å²) >= 11 is 6.03. The molecule has 1 amide bonds. The summed E-state index contributed by atoms with van der Waals surface area (Å²) in [6.45, 7) is 1.87. The average molecular weight is 452 g/mol. The van der Waals surface area contributed by atoms with Gasteiger partial charge in [-0.05, 0) is 49.6 Å². The highest BCUT2D eigenvalue weighted by atomic mass is 35.5. The molecule has 1 N–H and O–H groups in total. The highest BCUT2D eigenvalue weighted by molar-refractivity contribution is 6.30. The number of carbonyl (C=O) groups is 3. The van der Waals surface area contributed by atoms with Crippen LogP contribution in [0.4, 0.5) is 0 Å². The molecule has 1 heterocycles. The average Bonchev–Trinajstić information content (AvgIpc) is 3.47. The lowest BCUT2D eigenvalue weighted by Gasteiger charge is -2.28. The van der Waals surface area contributed by atoms with Crippen molar-refractivity contribution in [2.75, 3.05) is 0 Å². The number of ketones is 1. The molecule has 0 spiro atoms. The molecule has 2 saturated carbocycles. The quantitative estimate of drug-likeness (QED) is 0.298. The van der Waals surface area contributed by atoms with E-state index in [0.29, 0.717) is 22.8 Å². The lowest BCUT2D eigenvalue weighted by atomic mass is 9.82. The van der Waals surface area contributed by atoms with Crippen LogP contribution in [0.25, 0.3) is 0 Å². The Morgan fingerprint density at radius 3 is 2.44 bits per heavy atom. The summed E-state index contributed by atoms with van der Waals surface area (Å²) in [6.07, 6.45) is 5.39. The van der Waals surface area contributed by atoms with E-state index in [1.807, 2.05) is 19.1 Å². The Morgan fingerprint density at radius 2 is 1.75 bits per heavy atom. The number of esters is 1. The number of benzene rings is 2. The molecule has 0 radical (unpaired) electrons. The van der Waals surface area contributed by atoms with Gasteiger partial charge in [-0.15, -0.1) is 0 Å². The monoisotopic (exact) mass is 451 g/mol. The summed E-state index contributed by atoms with van der Waals surface area (Å²) in [6, 6.07) is 13.9. The molecule has 2 fully saturated rings. The summed E-state index contributed by atoms with van der Waals surface area (Å²) in [5.74, 6) is -1.34. The Kier molecular flexibility index (Phi) is 5.12. The summed E-state index contributed by atoms with van der Waals surface area (Å²) in [5, 5.41) is 3.65. The molecular weight excluding hydrogens is 426 g/mol. The summed E-state index contributed by atoms with van der Waals surface area (Å²) in [5.41, 5.74) is -1.55. The second kappa shape index (κ2) is 7.73. The van der Waals surface area contributed by atoms with Crippen molar-refractivity contribution in [2.24, 2.45) is 10.8 Å². The first-order valence-electron chi connectivity index (χ1n) is 11.4. The van der Waals surface area contributed by atoms with E-state index in [1.165, 1.54) is 0 Å². The number of fused-ring (bicyclic) bond motifs is 3. The topological polar surface area (TPSA) is 72.5 Å². The molecule has 3 aliphatic rings. The zero-order valence-electron chi connectivity index (χ0n) is 18.0. The van der Waals surface area contributed by atoms with Crippen LogP contribution in [0.5, 0.6) is 5.75 Å². The van der Waals surface area contributed by atoms with Crippen molar-refractivity contribution in [3.05, 3.63) is 64.7 Å². The lowest BCUT2D eigenvalue weighted by molar-refractivity contribution is -0.150. The van der Waals surface area contributed by atoms with E-state index < -0.39 is 22.7 Å². The second-order valence-corrected chi connectivity index (χ2v) is 9.57. The van der Waals surface area contributed by atoms with E-state index in [2.05, 4.69) is 5.32 Å². The predicted octanol–water partition coefficient (Wildman–Crippen LogP) is 5.07. The number of para-hydroxylation sites is 1. The highest BCUT2D eigenvalue weighted by Crippen LogP contribution is 2.79. The molecule has 32 heavy (non-hydrogen) atoms. The molecule has 0 aromatic heterocycles. The van der Waals surface area contributed by atoms with Gasteiger partial charge in [-0.1, -0.05) is 56.0 Å². The minimum absolute atomic E-state index is 0.0250. The van der Waals surface area contributed by atoms with E-state index >= 15 is 0 Å². The molecule has 0 saturated heterocycles. The first-order chi connectivity index (χ1) is 15.5. The van der Waals surface area contributed by atoms with Gasteiger partial charge in [0.2, 0.25) is 5.91 Å². The molecule has 0 unspecified atom stereocenters. The largest absolute Gasteiger partial charge is 0.425 e. The van der Waals surface area contributed by atoms with Crippen molar-refractivity contribution in [3.63, 3.8) is 0 Å². The van der Waals surface area contributed by atoms with Crippen LogP contribution in [0.3, 0.4) is 0 Å². The third kappa shape index (κ3) is 2.80. The van der Waals surface area contributed by atoms with Crippen LogP contribution < -0.4 is 10.1 Å². The molecular formula is C26H26ClNO4. The van der Waals surface area contributed by atoms with Crippen molar-refractivity contribution in [3.8, 4) is 5.75 Å². The SMILES string of the molecule is CC[C@@]1(C(=O)c2ccc(Cl)cc2)[C@@H]2c3ccccc3OC(=O)[C@@]21C(=O)NC1CCCCC1. The number of hydrogen-bond acceptors (Lipinski definition) is 4. The van der Waals surface area contributed by atoms with Crippen molar-refractivity contribution in [1.82, 2.24) is 5.32 Å². The Bertz CT molecular complexity index is 1090. The summed E-state index contributed by atoms with van der Waals surface area (Å²) in [4.78, 5) is 41.3. The molecule has 5 nitrogen and oxygen atoms in total. The Labute approximate surface area is 192 Å². The predicted molar refractivity (Wildman–Crippen MR) is 121 cm³/mol. The van der Waals surface area contributed by atoms with Gasteiger partial charge in [0.15, 0.2) is 11.2 Å². The van der Waals surface area contributed by atoms with Crippen molar-refractivity contribution in [1.29, 1.82) is 0 Å². The van der Waals surface area contributed by atoms with E-state index in [4.69, 9.17) is 16.3 Å². The fraction of sp³-hybridized carbons (Fsp3) is 0.423. The second-order valence-electron chi connectivity index (χ2n) is 9.14. The normalized spacial score (nSPS) is 28.8. The van der Waals surface area contributed by atoms with Gasteiger partial charge in [0.1, 0.15) is 5.75 Å². The van der Waals surface area contributed by atoms with E-state index in [1.54, 1.807) is 36.4 Å². The lowest BCUT2D eigenvalue weighted by Crippen LogP contribution is -2.49. The van der Waals surface area contributed by atoms with Gasteiger partial charge in [-0.25, -0.2) is 0 Å². The number of carbonyl (C=O) groups excluding carboxylic acids is 3. The van der Waals surface area contributed by atoms with Crippen LogP contribution in [0.1, 0.15) is 67.3 Å². The first-order valence-corrected chi connectivity index (χ1v) is 11.8. The molecule has 5 rings (SSSR count). The number of rotatable bonds is 5. The van der Waals surface area contributed by atoms with Gasteiger partial charge in [0.05, 0.1) is 5.41 Å². The summed E-state index contributed by atoms with van der Waals surface area (Å²) < 4.78 is 5.69. The Hall–Kier alpha value is -2.66. The van der Waals surface area contributed by atoms with Gasteiger partial charge < -0.3 is 10.1 Å². The number of ether oxygens (including phenoxy) is 1. The Balaban J connectivity index is 1.62. The fourth-order valence-electron chi connectivity index (χ4n) is 6.11. The van der Waals surface area contributed by atoms with Gasteiger partial charge in [0, 0.05) is 28.1 Å². The van der Waals surface area contributed by atoms with E-state index in [9.17, 15) is 14.4 Å². The van der Waals surface area contributed by atoms with Crippen LogP contribution >= 0.6 is 11.6 Å². The van der Waals surface area contributed by atoms with Crippen molar-refractivity contribution in [2.45, 2.75) is 57.4 Å². The van der Waals surface area contributed by atoms with Crippen LogP contribution in [-0.4, -0.2) is 23.7 Å². The van der Waals surface area contributed by atoms with Gasteiger partial charge in [-0.3, -0.25) is 14.4 Å². The maximum atomic E-state index is 14.0. The van der Waals surface area contributed by atoms with Crippen LogP contribution in [0, 0.1) is 10.8 Å². The summed E-state index contributed by atoms with van der Waals surface area (Å²) in [7, 11) is 0. The molecule has 0 bridgehead atoms. The van der Waals surface area contributed by atoms with Crippen LogP contribution in [0.15, 0.2) is 48.5 Å². The van der Waals surface area contributed by atoms with Crippen LogP contribution in [0.2, 0.25) is 5.02 Å². The number of amides is 1. The maximum absolute atomic E-state index is 14.0. The van der Waals surface area contributed by atoms with E-state index in [0.717, 1.165) is 37.7 Å². The standard InChI is InChI=1S/C26H26ClNO4/c1-2-25(22(29)16-12-14-17(27)15-13-16)21-19-10-6-7-11-20(19)32-24(31)26(21,25)23(30)28-18-8-4-3-5-9-18/h6-7,10-15,18,21H,2-5,8-9H2,1H3,(H,28,30)/t21-,25-,26-/m0/s1. The van der Waals surface area contributed by atoms with Gasteiger partial charge in [-0.2, -0.15) is 0 Å². The maximum Gasteiger partial charge on any atom is 0.328 e. The minimum Gasteiger partial charge on any atom is -0.425 e. The minimum atomic E-state index is -1.55. The molecule has 6 heteroatoms. The van der Waals surface area contributed by atoms with Gasteiger partial charge in [0.25, 0.3) is 0 Å². The molecule has 1 aliphatic heterocycles. The van der Waals surface area contributed by atoms with Crippen molar-refractivity contribution >= 4 is 29.3 Å². The first kappa shape index (κ1) is 21.2. The van der Waals surface area contributed by atoms with Crippen LogP contribution in [-0.2, 0) is 9.59 Å². The molecule has 166 valence electrons. The third-order valence-electron chi connectivity index (χ3n) is 7.67. The smallest absolute Gasteiger partial charge is 0.328 e. The number of nitrogens with one attached hydrogen (secondary N) is 1. The van der Waals surface area contributed by atoms with Crippen molar-refractivity contribution < 1.29 is 19.1 Å². The van der Waals surface area contributed by atoms with E-state index in [-0.39, 0.29) is 17.7 Å². The molecule has 2 aromatic carbocycles. The molecule has 3 atom stereocenters. The zero-order valence-corrected chi connectivity index (χ0v) is 18.8. The third-order valence-corrected chi connectivity index (χ3v) is 7.92. The molecule has 2 aliphatic carbocycles.